The van der Waals surface area contributed by atoms with Gasteiger partial charge in [0.2, 0.25) is 0 Å². The topological polar surface area (TPSA) is 52.6 Å². The van der Waals surface area contributed by atoms with Crippen molar-refractivity contribution in [2.75, 3.05) is 13.2 Å². The molecule has 4 heteroatoms. The number of ether oxygens (including phenoxy) is 2. The third kappa shape index (κ3) is 18.2. The first kappa shape index (κ1) is 29.9. The van der Waals surface area contributed by atoms with E-state index in [4.69, 9.17) is 9.47 Å². The fraction of sp³-hybridized carbons (Fsp3) is 0.926. The Morgan fingerprint density at radius 1 is 0.677 bits per heavy atom. The third-order valence-corrected chi connectivity index (χ3v) is 5.92. The van der Waals surface area contributed by atoms with Crippen LogP contribution in [0.2, 0.25) is 0 Å². The van der Waals surface area contributed by atoms with Crippen molar-refractivity contribution in [3.8, 4) is 0 Å². The highest BCUT2D eigenvalue weighted by atomic mass is 16.5. The van der Waals surface area contributed by atoms with E-state index >= 15 is 0 Å². The molecular formula is C27H52O4. The van der Waals surface area contributed by atoms with Gasteiger partial charge in [-0.1, -0.05) is 97.8 Å². The van der Waals surface area contributed by atoms with Crippen LogP contribution in [0.4, 0.5) is 0 Å². The molecule has 0 aliphatic heterocycles. The zero-order valence-electron chi connectivity index (χ0n) is 21.4. The SMILES string of the molecule is CCCCCCCCCCOC(=O)C(C)(C)CC(C)CC(=O)OCCCCCCCC. The molecule has 1 atom stereocenters. The number of esters is 2. The third-order valence-electron chi connectivity index (χ3n) is 5.92. The molecule has 0 spiro atoms. The maximum absolute atomic E-state index is 12.5. The minimum atomic E-state index is -0.570. The highest BCUT2D eigenvalue weighted by Crippen LogP contribution is 2.29. The molecule has 0 bridgehead atoms. The second-order valence-corrected chi connectivity index (χ2v) is 10.00. The first-order valence-electron chi connectivity index (χ1n) is 13.2. The van der Waals surface area contributed by atoms with E-state index in [1.807, 2.05) is 20.8 Å². The van der Waals surface area contributed by atoms with E-state index in [0.717, 1.165) is 25.7 Å². The van der Waals surface area contributed by atoms with Crippen LogP contribution in [0.1, 0.15) is 137 Å². The second kappa shape index (κ2) is 19.6. The maximum Gasteiger partial charge on any atom is 0.311 e. The van der Waals surface area contributed by atoms with E-state index in [0.29, 0.717) is 26.1 Å². The molecule has 0 amide bonds. The summed E-state index contributed by atoms with van der Waals surface area (Å²) < 4.78 is 10.9. The Hall–Kier alpha value is -1.06. The average Bonchev–Trinajstić information content (AvgIpc) is 2.71. The fourth-order valence-electron chi connectivity index (χ4n) is 4.03. The number of hydrogen-bond acceptors (Lipinski definition) is 4. The molecule has 0 radical (unpaired) electrons. The summed E-state index contributed by atoms with van der Waals surface area (Å²) >= 11 is 0. The van der Waals surface area contributed by atoms with Gasteiger partial charge in [-0.05, 0) is 39.0 Å². The van der Waals surface area contributed by atoms with E-state index in [9.17, 15) is 9.59 Å². The van der Waals surface area contributed by atoms with E-state index in [1.165, 1.54) is 64.2 Å². The second-order valence-electron chi connectivity index (χ2n) is 10.00. The van der Waals surface area contributed by atoms with Crippen LogP contribution in [-0.4, -0.2) is 25.2 Å². The Balaban J connectivity index is 3.86. The van der Waals surface area contributed by atoms with Gasteiger partial charge in [0, 0.05) is 6.42 Å². The lowest BCUT2D eigenvalue weighted by Crippen LogP contribution is -2.29. The van der Waals surface area contributed by atoms with Gasteiger partial charge in [0.1, 0.15) is 0 Å². The van der Waals surface area contributed by atoms with Gasteiger partial charge in [0.05, 0.1) is 18.6 Å². The Morgan fingerprint density at radius 3 is 1.58 bits per heavy atom. The summed E-state index contributed by atoms with van der Waals surface area (Å²) in [7, 11) is 0. The maximum atomic E-state index is 12.5. The van der Waals surface area contributed by atoms with Crippen LogP contribution in [0.15, 0.2) is 0 Å². The Labute approximate surface area is 193 Å². The van der Waals surface area contributed by atoms with Gasteiger partial charge >= 0.3 is 11.9 Å². The van der Waals surface area contributed by atoms with Crippen LogP contribution in [0.25, 0.3) is 0 Å². The van der Waals surface area contributed by atoms with Gasteiger partial charge in [0.25, 0.3) is 0 Å². The molecule has 4 nitrogen and oxygen atoms in total. The van der Waals surface area contributed by atoms with Crippen LogP contribution in [0, 0.1) is 11.3 Å². The van der Waals surface area contributed by atoms with E-state index < -0.39 is 5.41 Å². The predicted octanol–water partition coefficient (Wildman–Crippen LogP) is 8.02. The Morgan fingerprint density at radius 2 is 1.10 bits per heavy atom. The molecule has 0 aromatic carbocycles. The van der Waals surface area contributed by atoms with Crippen LogP contribution in [-0.2, 0) is 19.1 Å². The summed E-state index contributed by atoms with van der Waals surface area (Å²) in [6.45, 7) is 11.3. The quantitative estimate of drug-likeness (QED) is 0.134. The van der Waals surface area contributed by atoms with Gasteiger partial charge in [0.15, 0.2) is 0 Å². The predicted molar refractivity (Wildman–Crippen MR) is 130 cm³/mol. The molecule has 0 saturated heterocycles. The number of rotatable bonds is 21. The number of carbonyl (C=O) groups is 2. The van der Waals surface area contributed by atoms with Gasteiger partial charge in [-0.25, -0.2) is 0 Å². The molecular weight excluding hydrogens is 388 g/mol. The van der Waals surface area contributed by atoms with Crippen LogP contribution in [0.3, 0.4) is 0 Å². The van der Waals surface area contributed by atoms with E-state index in [1.54, 1.807) is 0 Å². The van der Waals surface area contributed by atoms with Crippen LogP contribution < -0.4 is 0 Å². The summed E-state index contributed by atoms with van der Waals surface area (Å²) in [5, 5.41) is 0. The molecule has 0 aromatic rings. The number of unbranched alkanes of at least 4 members (excludes halogenated alkanes) is 12. The first-order valence-corrected chi connectivity index (χ1v) is 13.2. The molecule has 0 aliphatic rings. The minimum Gasteiger partial charge on any atom is -0.466 e. The van der Waals surface area contributed by atoms with Crippen molar-refractivity contribution < 1.29 is 19.1 Å². The molecule has 184 valence electrons. The highest BCUT2D eigenvalue weighted by Gasteiger charge is 2.31. The largest absolute Gasteiger partial charge is 0.466 e. The van der Waals surface area contributed by atoms with E-state index in [2.05, 4.69) is 13.8 Å². The Kier molecular flexibility index (Phi) is 18.9. The van der Waals surface area contributed by atoms with Crippen molar-refractivity contribution in [1.82, 2.24) is 0 Å². The van der Waals surface area contributed by atoms with Crippen LogP contribution in [0.5, 0.6) is 0 Å². The van der Waals surface area contributed by atoms with Gasteiger partial charge in [-0.15, -0.1) is 0 Å². The van der Waals surface area contributed by atoms with Crippen molar-refractivity contribution in [2.45, 2.75) is 137 Å². The summed E-state index contributed by atoms with van der Waals surface area (Å²) in [4.78, 5) is 24.5. The van der Waals surface area contributed by atoms with Crippen molar-refractivity contribution in [3.05, 3.63) is 0 Å². The van der Waals surface area contributed by atoms with Crippen molar-refractivity contribution in [2.24, 2.45) is 11.3 Å². The Bertz CT molecular complexity index is 445. The number of carbonyl (C=O) groups excluding carboxylic acids is 2. The molecule has 0 fully saturated rings. The average molecular weight is 441 g/mol. The lowest BCUT2D eigenvalue weighted by molar-refractivity contribution is -0.156. The van der Waals surface area contributed by atoms with E-state index in [-0.39, 0.29) is 17.9 Å². The summed E-state index contributed by atoms with van der Waals surface area (Å²) in [6, 6.07) is 0. The lowest BCUT2D eigenvalue weighted by atomic mass is 9.82. The molecule has 1 unspecified atom stereocenters. The summed E-state index contributed by atoms with van der Waals surface area (Å²) in [5.74, 6) is -0.199. The first-order chi connectivity index (χ1) is 14.8. The van der Waals surface area contributed by atoms with Gasteiger partial charge < -0.3 is 9.47 Å². The van der Waals surface area contributed by atoms with Crippen molar-refractivity contribution in [1.29, 1.82) is 0 Å². The molecule has 0 N–H and O–H groups in total. The fourth-order valence-corrected chi connectivity index (χ4v) is 4.03. The zero-order chi connectivity index (χ0) is 23.4. The smallest absolute Gasteiger partial charge is 0.311 e. The monoisotopic (exact) mass is 440 g/mol. The summed E-state index contributed by atoms with van der Waals surface area (Å²) in [6.07, 6.45) is 17.9. The molecule has 0 aromatic heterocycles. The van der Waals surface area contributed by atoms with Gasteiger partial charge in [-0.3, -0.25) is 9.59 Å². The number of hydrogen-bond donors (Lipinski definition) is 0. The minimum absolute atomic E-state index is 0.0997. The highest BCUT2D eigenvalue weighted by molar-refractivity contribution is 5.76. The molecule has 0 aliphatic carbocycles. The molecule has 0 rings (SSSR count). The molecule has 0 heterocycles. The van der Waals surface area contributed by atoms with Crippen molar-refractivity contribution in [3.63, 3.8) is 0 Å². The normalized spacial score (nSPS) is 12.5. The summed E-state index contributed by atoms with van der Waals surface area (Å²) in [5.41, 5.74) is -0.570. The van der Waals surface area contributed by atoms with Gasteiger partial charge in [-0.2, -0.15) is 0 Å². The molecule has 31 heavy (non-hydrogen) atoms. The zero-order valence-corrected chi connectivity index (χ0v) is 21.4. The lowest BCUT2D eigenvalue weighted by Gasteiger charge is -2.25. The van der Waals surface area contributed by atoms with Crippen molar-refractivity contribution >= 4 is 11.9 Å². The van der Waals surface area contributed by atoms with Crippen LogP contribution >= 0.6 is 0 Å². The molecule has 0 saturated carbocycles. The standard InChI is InChI=1S/C27H52O4/c1-6-8-10-12-14-15-17-19-21-31-26(29)27(4,5)23-24(3)22-25(28)30-20-18-16-13-11-9-7-2/h24H,6-23H2,1-5H3.